The van der Waals surface area contributed by atoms with Gasteiger partial charge in [-0.3, -0.25) is 9.78 Å². The van der Waals surface area contributed by atoms with E-state index in [0.717, 1.165) is 43.5 Å². The number of carbonyl (C=O) groups excluding carboxylic acids is 1. The maximum Gasteiger partial charge on any atom is 0.224 e. The number of aryl methyl sites for hydroxylation is 1. The predicted octanol–water partition coefficient (Wildman–Crippen LogP) is 3.56. The van der Waals surface area contributed by atoms with Crippen molar-refractivity contribution in [1.29, 1.82) is 0 Å². The van der Waals surface area contributed by atoms with Gasteiger partial charge in [0.2, 0.25) is 5.91 Å². The van der Waals surface area contributed by atoms with Gasteiger partial charge < -0.3 is 11.1 Å². The molecule has 1 fully saturated rings. The van der Waals surface area contributed by atoms with Crippen molar-refractivity contribution in [2.45, 2.75) is 45.1 Å². The van der Waals surface area contributed by atoms with E-state index in [1.807, 2.05) is 43.3 Å². The van der Waals surface area contributed by atoms with Gasteiger partial charge in [-0.2, -0.15) is 0 Å². The predicted molar refractivity (Wildman–Crippen MR) is 105 cm³/mol. The highest BCUT2D eigenvalue weighted by atomic mass is 16.1. The lowest BCUT2D eigenvalue weighted by atomic mass is 9.77. The summed E-state index contributed by atoms with van der Waals surface area (Å²) in [5.41, 5.74) is 9.02. The van der Waals surface area contributed by atoms with Crippen LogP contribution in [0.4, 0.5) is 0 Å². The Bertz CT molecular complexity index is 708. The molecule has 2 aromatic rings. The zero-order valence-electron chi connectivity index (χ0n) is 15.5. The third-order valence-corrected chi connectivity index (χ3v) is 5.47. The molecule has 3 rings (SSSR count). The minimum Gasteiger partial charge on any atom is -0.347 e. The van der Waals surface area contributed by atoms with E-state index in [2.05, 4.69) is 16.4 Å². The van der Waals surface area contributed by atoms with E-state index in [1.165, 1.54) is 5.56 Å². The summed E-state index contributed by atoms with van der Waals surface area (Å²) in [6.45, 7) is 2.81. The van der Waals surface area contributed by atoms with Crippen LogP contribution in [0.1, 0.15) is 48.5 Å². The molecular formula is C22H29N3O. The van der Waals surface area contributed by atoms with E-state index in [9.17, 15) is 4.79 Å². The van der Waals surface area contributed by atoms with E-state index in [-0.39, 0.29) is 11.9 Å². The standard InChI is InChI=1S/C22H29N3O/c1-16-5-4-6-18(13-16)14-21(26)25-22(20-7-2-3-12-24-20)19-10-8-17(15-23)9-11-19/h2-7,12-13,17,19,22H,8-11,14-15,23H2,1H3,(H,25,26)/t17?,19?,22-/m0/s1. The fourth-order valence-electron chi connectivity index (χ4n) is 3.98. The van der Waals surface area contributed by atoms with Gasteiger partial charge in [0, 0.05) is 6.20 Å². The molecule has 0 saturated heterocycles. The van der Waals surface area contributed by atoms with Crippen LogP contribution in [-0.4, -0.2) is 17.4 Å². The van der Waals surface area contributed by atoms with Crippen molar-refractivity contribution in [3.63, 3.8) is 0 Å². The fourth-order valence-corrected chi connectivity index (χ4v) is 3.98. The van der Waals surface area contributed by atoms with Gasteiger partial charge in [-0.25, -0.2) is 0 Å². The van der Waals surface area contributed by atoms with Crippen LogP contribution in [0.5, 0.6) is 0 Å². The van der Waals surface area contributed by atoms with Crippen molar-refractivity contribution >= 4 is 5.91 Å². The lowest BCUT2D eigenvalue weighted by Crippen LogP contribution is -2.37. The summed E-state index contributed by atoms with van der Waals surface area (Å²) < 4.78 is 0. The van der Waals surface area contributed by atoms with Gasteiger partial charge in [-0.15, -0.1) is 0 Å². The van der Waals surface area contributed by atoms with E-state index < -0.39 is 0 Å². The maximum atomic E-state index is 12.7. The number of nitrogens with one attached hydrogen (secondary N) is 1. The average Bonchev–Trinajstić information content (AvgIpc) is 2.67. The third-order valence-electron chi connectivity index (χ3n) is 5.47. The molecule has 0 spiro atoms. The van der Waals surface area contributed by atoms with Crippen LogP contribution in [0, 0.1) is 18.8 Å². The van der Waals surface area contributed by atoms with E-state index in [0.29, 0.717) is 18.3 Å². The van der Waals surface area contributed by atoms with Crippen molar-refractivity contribution in [2.24, 2.45) is 17.6 Å². The minimum atomic E-state index is -0.0211. The molecule has 1 aromatic carbocycles. The van der Waals surface area contributed by atoms with E-state index in [4.69, 9.17) is 5.73 Å². The molecule has 4 heteroatoms. The lowest BCUT2D eigenvalue weighted by Gasteiger charge is -2.33. The molecular weight excluding hydrogens is 322 g/mol. The Balaban J connectivity index is 1.70. The Morgan fingerprint density at radius 2 is 2.00 bits per heavy atom. The number of hydrogen-bond acceptors (Lipinski definition) is 3. The molecule has 1 atom stereocenters. The number of benzene rings is 1. The molecule has 1 aliphatic carbocycles. The van der Waals surface area contributed by atoms with Gasteiger partial charge in [0.25, 0.3) is 0 Å². The summed E-state index contributed by atoms with van der Waals surface area (Å²) in [6, 6.07) is 14.0. The van der Waals surface area contributed by atoms with Crippen molar-refractivity contribution in [3.05, 3.63) is 65.5 Å². The molecule has 1 saturated carbocycles. The molecule has 138 valence electrons. The maximum absolute atomic E-state index is 12.7. The molecule has 1 amide bonds. The number of carbonyl (C=O) groups is 1. The first-order valence-corrected chi connectivity index (χ1v) is 9.61. The zero-order valence-corrected chi connectivity index (χ0v) is 15.5. The Hall–Kier alpha value is -2.20. The second kappa shape index (κ2) is 8.95. The van der Waals surface area contributed by atoms with Gasteiger partial charge in [-0.1, -0.05) is 35.9 Å². The lowest BCUT2D eigenvalue weighted by molar-refractivity contribution is -0.121. The van der Waals surface area contributed by atoms with E-state index in [1.54, 1.807) is 6.20 Å². The topological polar surface area (TPSA) is 68.0 Å². The second-order valence-corrected chi connectivity index (χ2v) is 7.48. The molecule has 1 aliphatic rings. The third kappa shape index (κ3) is 4.92. The second-order valence-electron chi connectivity index (χ2n) is 7.48. The fraction of sp³-hybridized carbons (Fsp3) is 0.455. The van der Waals surface area contributed by atoms with Crippen molar-refractivity contribution in [1.82, 2.24) is 10.3 Å². The first-order valence-electron chi connectivity index (χ1n) is 9.61. The van der Waals surface area contributed by atoms with Crippen molar-refractivity contribution in [2.75, 3.05) is 6.54 Å². The highest BCUT2D eigenvalue weighted by Gasteiger charge is 2.30. The first-order chi connectivity index (χ1) is 12.7. The molecule has 0 radical (unpaired) electrons. The Morgan fingerprint density at radius 3 is 2.65 bits per heavy atom. The van der Waals surface area contributed by atoms with Crippen LogP contribution in [-0.2, 0) is 11.2 Å². The van der Waals surface area contributed by atoms with Gasteiger partial charge in [-0.05, 0) is 68.7 Å². The number of amides is 1. The molecule has 26 heavy (non-hydrogen) atoms. The number of pyridine rings is 1. The van der Waals surface area contributed by atoms with Gasteiger partial charge in [0.15, 0.2) is 0 Å². The molecule has 0 bridgehead atoms. The van der Waals surface area contributed by atoms with Crippen molar-refractivity contribution < 1.29 is 4.79 Å². The largest absolute Gasteiger partial charge is 0.347 e. The SMILES string of the molecule is Cc1cccc(CC(=O)N[C@H](c2ccccn2)C2CCC(CN)CC2)c1. The molecule has 0 unspecified atom stereocenters. The molecule has 1 heterocycles. The smallest absolute Gasteiger partial charge is 0.224 e. The van der Waals surface area contributed by atoms with Gasteiger partial charge in [0.05, 0.1) is 18.2 Å². The Kier molecular flexibility index (Phi) is 6.40. The summed E-state index contributed by atoms with van der Waals surface area (Å²) in [4.78, 5) is 17.2. The van der Waals surface area contributed by atoms with Crippen LogP contribution in [0.2, 0.25) is 0 Å². The highest BCUT2D eigenvalue weighted by molar-refractivity contribution is 5.79. The highest BCUT2D eigenvalue weighted by Crippen LogP contribution is 2.36. The summed E-state index contributed by atoms with van der Waals surface area (Å²) in [7, 11) is 0. The van der Waals surface area contributed by atoms with Crippen molar-refractivity contribution in [3.8, 4) is 0 Å². The number of nitrogens with zero attached hydrogens (tertiary/aromatic N) is 1. The summed E-state index contributed by atoms with van der Waals surface area (Å²) >= 11 is 0. The van der Waals surface area contributed by atoms with E-state index >= 15 is 0 Å². The van der Waals surface area contributed by atoms with Crippen LogP contribution in [0.15, 0.2) is 48.7 Å². The first kappa shape index (κ1) is 18.6. The van der Waals surface area contributed by atoms with Crippen LogP contribution in [0.3, 0.4) is 0 Å². The molecule has 3 N–H and O–H groups in total. The summed E-state index contributed by atoms with van der Waals surface area (Å²) in [6.07, 6.45) is 6.67. The Labute approximate surface area is 156 Å². The number of nitrogens with two attached hydrogens (primary N) is 1. The Morgan fingerprint density at radius 1 is 1.19 bits per heavy atom. The molecule has 1 aromatic heterocycles. The van der Waals surface area contributed by atoms with Crippen LogP contribution < -0.4 is 11.1 Å². The van der Waals surface area contributed by atoms with Gasteiger partial charge >= 0.3 is 0 Å². The summed E-state index contributed by atoms with van der Waals surface area (Å²) in [5, 5.41) is 3.27. The zero-order chi connectivity index (χ0) is 18.4. The number of aromatic nitrogens is 1. The monoisotopic (exact) mass is 351 g/mol. The molecule has 4 nitrogen and oxygen atoms in total. The number of rotatable bonds is 6. The summed E-state index contributed by atoms with van der Waals surface area (Å²) in [5.74, 6) is 1.11. The van der Waals surface area contributed by atoms with Crippen LogP contribution in [0.25, 0.3) is 0 Å². The minimum absolute atomic E-state index is 0.0211. The molecule has 0 aliphatic heterocycles. The van der Waals surface area contributed by atoms with Gasteiger partial charge in [0.1, 0.15) is 0 Å². The van der Waals surface area contributed by atoms with Crippen LogP contribution >= 0.6 is 0 Å². The average molecular weight is 351 g/mol. The number of hydrogen-bond donors (Lipinski definition) is 2. The quantitative estimate of drug-likeness (QED) is 0.836. The normalized spacial score (nSPS) is 21.2.